The number of carbonyl (C=O) groups is 1. The molecule has 0 spiro atoms. The summed E-state index contributed by atoms with van der Waals surface area (Å²) in [5.74, 6) is -0.464. The molecular formula is C19H19N3O. The Labute approximate surface area is 135 Å². The molecule has 1 heterocycles. The molecule has 0 atom stereocenters. The van der Waals surface area contributed by atoms with Crippen LogP contribution < -0.4 is 5.73 Å². The van der Waals surface area contributed by atoms with Crippen molar-refractivity contribution >= 4 is 16.9 Å². The van der Waals surface area contributed by atoms with Gasteiger partial charge in [-0.25, -0.2) is 4.98 Å². The molecule has 0 saturated carbocycles. The first-order chi connectivity index (χ1) is 10.8. The van der Waals surface area contributed by atoms with E-state index in [1.165, 1.54) is 5.56 Å². The Balaban J connectivity index is 2.04. The molecule has 0 saturated heterocycles. The molecule has 4 nitrogen and oxygen atoms in total. The van der Waals surface area contributed by atoms with Crippen molar-refractivity contribution in [1.29, 1.82) is 0 Å². The number of hydrogen-bond acceptors (Lipinski definition) is 3. The summed E-state index contributed by atoms with van der Waals surface area (Å²) < 4.78 is 0. The van der Waals surface area contributed by atoms with E-state index in [1.807, 2.05) is 12.1 Å². The molecule has 0 aliphatic heterocycles. The van der Waals surface area contributed by atoms with E-state index in [0.29, 0.717) is 11.1 Å². The number of carbonyl (C=O) groups excluding carboxylic acids is 1. The van der Waals surface area contributed by atoms with Gasteiger partial charge in [0.05, 0.1) is 22.9 Å². The second kappa shape index (κ2) is 5.47. The fraction of sp³-hybridized carbons (Fsp3) is 0.211. The van der Waals surface area contributed by atoms with Crippen LogP contribution in [0.3, 0.4) is 0 Å². The smallest absolute Gasteiger partial charge is 0.248 e. The van der Waals surface area contributed by atoms with Crippen molar-refractivity contribution in [2.45, 2.75) is 26.2 Å². The van der Waals surface area contributed by atoms with Crippen LogP contribution in [0.1, 0.15) is 36.7 Å². The van der Waals surface area contributed by atoms with Gasteiger partial charge in [-0.15, -0.1) is 0 Å². The van der Waals surface area contributed by atoms with Crippen molar-refractivity contribution < 1.29 is 4.79 Å². The average Bonchev–Trinajstić information content (AvgIpc) is 2.53. The van der Waals surface area contributed by atoms with E-state index in [2.05, 4.69) is 42.9 Å². The summed E-state index contributed by atoms with van der Waals surface area (Å²) in [4.78, 5) is 20.3. The fourth-order valence-corrected chi connectivity index (χ4v) is 2.44. The van der Waals surface area contributed by atoms with E-state index < -0.39 is 5.91 Å². The second-order valence-corrected chi connectivity index (χ2v) is 6.65. The fourth-order valence-electron chi connectivity index (χ4n) is 2.44. The highest BCUT2D eigenvalue weighted by atomic mass is 16.1. The molecule has 0 unspecified atom stereocenters. The number of nitrogens with two attached hydrogens (primary N) is 1. The molecule has 0 aliphatic carbocycles. The zero-order valence-corrected chi connectivity index (χ0v) is 13.5. The van der Waals surface area contributed by atoms with Crippen LogP contribution in [0.15, 0.2) is 48.7 Å². The Morgan fingerprint density at radius 2 is 1.70 bits per heavy atom. The average molecular weight is 305 g/mol. The van der Waals surface area contributed by atoms with Gasteiger partial charge >= 0.3 is 0 Å². The molecular weight excluding hydrogens is 286 g/mol. The minimum absolute atomic E-state index is 0.115. The summed E-state index contributed by atoms with van der Waals surface area (Å²) in [5, 5.41) is 0. The maximum Gasteiger partial charge on any atom is 0.248 e. The quantitative estimate of drug-likeness (QED) is 0.785. The third kappa shape index (κ3) is 3.06. The minimum Gasteiger partial charge on any atom is -0.366 e. The lowest BCUT2D eigenvalue weighted by atomic mass is 9.86. The molecule has 3 rings (SSSR count). The van der Waals surface area contributed by atoms with Gasteiger partial charge in [0.2, 0.25) is 5.91 Å². The van der Waals surface area contributed by atoms with Gasteiger partial charge < -0.3 is 5.73 Å². The molecule has 2 aromatic carbocycles. The van der Waals surface area contributed by atoms with E-state index in [0.717, 1.165) is 16.8 Å². The first kappa shape index (κ1) is 15.2. The number of rotatable bonds is 2. The van der Waals surface area contributed by atoms with Crippen LogP contribution in [0.2, 0.25) is 0 Å². The van der Waals surface area contributed by atoms with E-state index in [9.17, 15) is 4.79 Å². The van der Waals surface area contributed by atoms with Crippen molar-refractivity contribution in [1.82, 2.24) is 9.97 Å². The highest BCUT2D eigenvalue weighted by Gasteiger charge is 2.13. The zero-order valence-electron chi connectivity index (χ0n) is 13.5. The van der Waals surface area contributed by atoms with Gasteiger partial charge in [0.25, 0.3) is 0 Å². The lowest BCUT2D eigenvalue weighted by Crippen LogP contribution is -2.10. The van der Waals surface area contributed by atoms with Gasteiger partial charge in [-0.05, 0) is 29.2 Å². The molecule has 0 fully saturated rings. The monoisotopic (exact) mass is 305 g/mol. The molecule has 1 amide bonds. The summed E-state index contributed by atoms with van der Waals surface area (Å²) in [6.07, 6.45) is 1.75. The molecule has 3 aromatic rings. The van der Waals surface area contributed by atoms with E-state index in [1.54, 1.807) is 24.4 Å². The normalized spacial score (nSPS) is 11.6. The molecule has 1 aromatic heterocycles. The summed E-state index contributed by atoms with van der Waals surface area (Å²) in [7, 11) is 0. The standard InChI is InChI=1S/C19H19N3O/c1-19(2,3)14-7-4-12(5-8-14)17-11-21-15-9-6-13(18(20)23)10-16(15)22-17/h4-11H,1-3H3,(H2,20,23). The summed E-state index contributed by atoms with van der Waals surface area (Å²) in [6.45, 7) is 6.55. The number of benzene rings is 2. The summed E-state index contributed by atoms with van der Waals surface area (Å²) >= 11 is 0. The molecule has 0 aliphatic rings. The highest BCUT2D eigenvalue weighted by Crippen LogP contribution is 2.26. The van der Waals surface area contributed by atoms with Crippen molar-refractivity contribution in [3.63, 3.8) is 0 Å². The predicted octanol–water partition coefficient (Wildman–Crippen LogP) is 3.69. The van der Waals surface area contributed by atoms with Crippen molar-refractivity contribution in [2.75, 3.05) is 0 Å². The second-order valence-electron chi connectivity index (χ2n) is 6.65. The Morgan fingerprint density at radius 3 is 2.30 bits per heavy atom. The third-order valence-corrected chi connectivity index (χ3v) is 3.87. The van der Waals surface area contributed by atoms with Gasteiger partial charge in [0.15, 0.2) is 0 Å². The van der Waals surface area contributed by atoms with Gasteiger partial charge in [-0.2, -0.15) is 0 Å². The van der Waals surface area contributed by atoms with E-state index >= 15 is 0 Å². The van der Waals surface area contributed by atoms with Gasteiger partial charge in [0.1, 0.15) is 0 Å². The van der Waals surface area contributed by atoms with Gasteiger partial charge in [0, 0.05) is 11.1 Å². The van der Waals surface area contributed by atoms with Gasteiger partial charge in [-0.3, -0.25) is 9.78 Å². The van der Waals surface area contributed by atoms with Crippen LogP contribution in [-0.2, 0) is 5.41 Å². The number of nitrogens with zero attached hydrogens (tertiary/aromatic N) is 2. The Morgan fingerprint density at radius 1 is 1.00 bits per heavy atom. The van der Waals surface area contributed by atoms with Crippen LogP contribution in [0.25, 0.3) is 22.3 Å². The molecule has 2 N–H and O–H groups in total. The largest absolute Gasteiger partial charge is 0.366 e. The lowest BCUT2D eigenvalue weighted by molar-refractivity contribution is 0.100. The number of primary amides is 1. The third-order valence-electron chi connectivity index (χ3n) is 3.87. The lowest BCUT2D eigenvalue weighted by Gasteiger charge is -2.19. The maximum absolute atomic E-state index is 11.3. The Bertz CT molecular complexity index is 877. The molecule has 116 valence electrons. The predicted molar refractivity (Wildman–Crippen MR) is 92.2 cm³/mol. The Kier molecular flexibility index (Phi) is 3.60. The van der Waals surface area contributed by atoms with Crippen LogP contribution in [0.5, 0.6) is 0 Å². The SMILES string of the molecule is CC(C)(C)c1ccc(-c2cnc3ccc(C(N)=O)cc3n2)cc1. The molecule has 0 radical (unpaired) electrons. The van der Waals surface area contributed by atoms with Crippen LogP contribution >= 0.6 is 0 Å². The van der Waals surface area contributed by atoms with Crippen LogP contribution in [0, 0.1) is 0 Å². The molecule has 4 heteroatoms. The van der Waals surface area contributed by atoms with Crippen LogP contribution in [-0.4, -0.2) is 15.9 Å². The Hall–Kier alpha value is -2.75. The van der Waals surface area contributed by atoms with Crippen molar-refractivity contribution in [3.05, 3.63) is 59.8 Å². The van der Waals surface area contributed by atoms with Crippen LogP contribution in [0.4, 0.5) is 0 Å². The minimum atomic E-state index is -0.464. The maximum atomic E-state index is 11.3. The van der Waals surface area contributed by atoms with Crippen molar-refractivity contribution in [3.8, 4) is 11.3 Å². The zero-order chi connectivity index (χ0) is 16.6. The first-order valence-electron chi connectivity index (χ1n) is 7.52. The van der Waals surface area contributed by atoms with E-state index in [4.69, 9.17) is 5.73 Å². The number of amides is 1. The highest BCUT2D eigenvalue weighted by molar-refractivity contribution is 5.96. The molecule has 23 heavy (non-hydrogen) atoms. The number of aromatic nitrogens is 2. The van der Waals surface area contributed by atoms with E-state index in [-0.39, 0.29) is 5.41 Å². The number of fused-ring (bicyclic) bond motifs is 1. The summed E-state index contributed by atoms with van der Waals surface area (Å²) in [5.41, 5.74) is 10.3. The first-order valence-corrected chi connectivity index (χ1v) is 7.52. The van der Waals surface area contributed by atoms with Crippen molar-refractivity contribution in [2.24, 2.45) is 5.73 Å². The summed E-state index contributed by atoms with van der Waals surface area (Å²) in [6, 6.07) is 13.4. The topological polar surface area (TPSA) is 68.9 Å². The number of hydrogen-bond donors (Lipinski definition) is 1. The van der Waals surface area contributed by atoms with Gasteiger partial charge in [-0.1, -0.05) is 45.0 Å². The molecule has 0 bridgehead atoms.